The average Bonchev–Trinajstić information content (AvgIpc) is 2.85. The first-order valence-corrected chi connectivity index (χ1v) is 14.6. The van der Waals surface area contributed by atoms with Crippen molar-refractivity contribution in [3.8, 4) is 0 Å². The molecule has 3 aromatic carbocycles. The van der Waals surface area contributed by atoms with Gasteiger partial charge in [0.2, 0.25) is 11.8 Å². The van der Waals surface area contributed by atoms with Gasteiger partial charge in [0.25, 0.3) is 10.0 Å². The Labute approximate surface area is 240 Å². The minimum atomic E-state index is -4.20. The molecule has 0 unspecified atom stereocenters. The second-order valence-corrected chi connectivity index (χ2v) is 13.0. The number of halogens is 2. The summed E-state index contributed by atoms with van der Waals surface area (Å²) in [6, 6.07) is 18.8. The summed E-state index contributed by atoms with van der Waals surface area (Å²) in [6.45, 7) is 8.45. The Bertz CT molecular complexity index is 1440. The largest absolute Gasteiger partial charge is 0.350 e. The van der Waals surface area contributed by atoms with Gasteiger partial charge in [-0.3, -0.25) is 13.9 Å². The Balaban J connectivity index is 2.05. The van der Waals surface area contributed by atoms with E-state index in [0.717, 1.165) is 9.87 Å². The number of hydrogen-bond donors (Lipinski definition) is 1. The molecule has 0 saturated heterocycles. The van der Waals surface area contributed by atoms with Crippen molar-refractivity contribution >= 4 is 50.7 Å². The molecule has 0 saturated carbocycles. The highest BCUT2D eigenvalue weighted by Crippen LogP contribution is 2.31. The van der Waals surface area contributed by atoms with Gasteiger partial charge in [-0.15, -0.1) is 0 Å². The van der Waals surface area contributed by atoms with Gasteiger partial charge in [0.1, 0.15) is 12.6 Å². The molecule has 2 amide bonds. The van der Waals surface area contributed by atoms with E-state index in [1.165, 1.54) is 17.0 Å². The van der Waals surface area contributed by atoms with Gasteiger partial charge >= 0.3 is 0 Å². The maximum Gasteiger partial charge on any atom is 0.264 e. The molecule has 0 spiro atoms. The van der Waals surface area contributed by atoms with Crippen LogP contribution in [0.15, 0.2) is 77.7 Å². The Morgan fingerprint density at radius 1 is 0.949 bits per heavy atom. The number of hydrogen-bond acceptors (Lipinski definition) is 4. The van der Waals surface area contributed by atoms with E-state index in [0.29, 0.717) is 10.6 Å². The molecular weight excluding hydrogens is 557 g/mol. The number of nitrogens with one attached hydrogen (secondary N) is 1. The van der Waals surface area contributed by atoms with Crippen LogP contribution in [0.4, 0.5) is 5.69 Å². The number of nitrogens with zero attached hydrogens (tertiary/aromatic N) is 2. The van der Waals surface area contributed by atoms with Crippen LogP contribution in [-0.4, -0.2) is 43.3 Å². The number of aryl methyl sites for hydroxylation is 1. The molecule has 0 aliphatic carbocycles. The minimum Gasteiger partial charge on any atom is -0.350 e. The summed E-state index contributed by atoms with van der Waals surface area (Å²) in [5.74, 6) is -0.953. The molecule has 208 valence electrons. The smallest absolute Gasteiger partial charge is 0.264 e. The van der Waals surface area contributed by atoms with Crippen LogP contribution in [0.1, 0.15) is 38.8 Å². The summed E-state index contributed by atoms with van der Waals surface area (Å²) in [5.41, 5.74) is 1.20. The Hall–Kier alpha value is -3.07. The van der Waals surface area contributed by atoms with Crippen molar-refractivity contribution in [3.05, 3.63) is 94.0 Å². The highest BCUT2D eigenvalue weighted by atomic mass is 35.5. The van der Waals surface area contributed by atoms with Crippen molar-refractivity contribution in [2.24, 2.45) is 0 Å². The fraction of sp³-hybridized carbons (Fsp3) is 0.310. The molecule has 0 aromatic heterocycles. The highest BCUT2D eigenvalue weighted by Gasteiger charge is 2.34. The van der Waals surface area contributed by atoms with Crippen molar-refractivity contribution in [1.29, 1.82) is 0 Å². The van der Waals surface area contributed by atoms with Crippen LogP contribution in [0, 0.1) is 6.92 Å². The third-order valence-corrected chi connectivity index (χ3v) is 8.25. The van der Waals surface area contributed by atoms with Crippen molar-refractivity contribution in [2.75, 3.05) is 10.8 Å². The lowest BCUT2D eigenvalue weighted by atomic mass is 10.1. The summed E-state index contributed by atoms with van der Waals surface area (Å²) < 4.78 is 28.7. The maximum absolute atomic E-state index is 13.9. The normalized spacial score (nSPS) is 12.5. The molecule has 0 aliphatic heterocycles. The number of carbonyl (C=O) groups excluding carboxylic acids is 2. The molecule has 0 bridgehead atoms. The number of anilines is 1. The van der Waals surface area contributed by atoms with Gasteiger partial charge in [-0.1, -0.05) is 65.2 Å². The summed E-state index contributed by atoms with van der Waals surface area (Å²) in [7, 11) is -4.20. The van der Waals surface area contributed by atoms with E-state index < -0.39 is 34.1 Å². The second-order valence-electron chi connectivity index (χ2n) is 10.3. The van der Waals surface area contributed by atoms with Crippen molar-refractivity contribution in [3.63, 3.8) is 0 Å². The monoisotopic (exact) mass is 589 g/mol. The zero-order valence-corrected chi connectivity index (χ0v) is 24.9. The van der Waals surface area contributed by atoms with Gasteiger partial charge in [-0.2, -0.15) is 0 Å². The summed E-state index contributed by atoms with van der Waals surface area (Å²) in [5, 5.41) is 3.54. The summed E-state index contributed by atoms with van der Waals surface area (Å²) in [6.07, 6.45) is 0. The predicted octanol–water partition coefficient (Wildman–Crippen LogP) is 5.83. The Morgan fingerprint density at radius 3 is 2.18 bits per heavy atom. The third kappa shape index (κ3) is 7.97. The molecular formula is C29H33Cl2N3O4S. The van der Waals surface area contributed by atoms with Crippen LogP contribution < -0.4 is 9.62 Å². The number of sulfonamides is 1. The Morgan fingerprint density at radius 2 is 1.59 bits per heavy atom. The fourth-order valence-electron chi connectivity index (χ4n) is 3.89. The van der Waals surface area contributed by atoms with Crippen LogP contribution in [-0.2, 0) is 26.2 Å². The van der Waals surface area contributed by atoms with Crippen LogP contribution in [0.25, 0.3) is 0 Å². The van der Waals surface area contributed by atoms with Gasteiger partial charge in [0.15, 0.2) is 0 Å². The molecule has 1 atom stereocenters. The zero-order chi connectivity index (χ0) is 29.0. The van der Waals surface area contributed by atoms with Crippen LogP contribution in [0.3, 0.4) is 0 Å². The zero-order valence-electron chi connectivity index (χ0n) is 22.6. The molecule has 0 fully saturated rings. The first-order chi connectivity index (χ1) is 18.2. The lowest BCUT2D eigenvalue weighted by Crippen LogP contribution is -2.54. The third-order valence-electron chi connectivity index (χ3n) is 5.92. The van der Waals surface area contributed by atoms with E-state index in [1.54, 1.807) is 67.6 Å². The van der Waals surface area contributed by atoms with Gasteiger partial charge in [0.05, 0.1) is 15.6 Å². The first-order valence-electron chi connectivity index (χ1n) is 12.4. The molecule has 10 heteroatoms. The van der Waals surface area contributed by atoms with Crippen molar-refractivity contribution in [2.45, 2.75) is 57.6 Å². The molecule has 3 aromatic rings. The molecule has 3 rings (SSSR count). The van der Waals surface area contributed by atoms with E-state index in [4.69, 9.17) is 23.2 Å². The van der Waals surface area contributed by atoms with E-state index >= 15 is 0 Å². The van der Waals surface area contributed by atoms with Crippen molar-refractivity contribution in [1.82, 2.24) is 10.2 Å². The number of benzene rings is 3. The van der Waals surface area contributed by atoms with Gasteiger partial charge in [-0.25, -0.2) is 8.42 Å². The molecule has 0 aliphatic rings. The predicted molar refractivity (Wildman–Crippen MR) is 157 cm³/mol. The SMILES string of the molecule is Cc1ccc(S(=O)(=O)N(CC(=O)N(Cc2cccc(Cl)c2)[C@H](C)C(=O)NC(C)(C)C)c2ccccc2Cl)cc1. The topological polar surface area (TPSA) is 86.8 Å². The maximum atomic E-state index is 13.9. The van der Waals surface area contributed by atoms with E-state index in [9.17, 15) is 18.0 Å². The minimum absolute atomic E-state index is 0.0146. The first kappa shape index (κ1) is 30.5. The number of amides is 2. The second kappa shape index (κ2) is 12.4. The molecule has 0 radical (unpaired) electrons. The fourth-order valence-corrected chi connectivity index (χ4v) is 5.83. The van der Waals surface area contributed by atoms with Crippen LogP contribution in [0.2, 0.25) is 10.0 Å². The number of para-hydroxylation sites is 1. The number of rotatable bonds is 9. The van der Waals surface area contributed by atoms with Gasteiger partial charge in [-0.05, 0) is 76.6 Å². The summed E-state index contributed by atoms with van der Waals surface area (Å²) >= 11 is 12.6. The standard InChI is InChI=1S/C29H33Cl2N3O4S/c1-20-13-15-24(16-14-20)39(37,38)34(26-12-7-6-11-25(26)31)19-27(35)33(18-22-9-8-10-23(30)17-22)21(2)28(36)32-29(3,4)5/h6-17,21H,18-19H2,1-5H3,(H,32,36)/t21-/m1/s1. The lowest BCUT2D eigenvalue weighted by Gasteiger charge is -2.33. The average molecular weight is 591 g/mol. The van der Waals surface area contributed by atoms with Crippen LogP contribution >= 0.6 is 23.2 Å². The van der Waals surface area contributed by atoms with Gasteiger partial charge in [0, 0.05) is 17.1 Å². The van der Waals surface area contributed by atoms with E-state index in [2.05, 4.69) is 5.32 Å². The van der Waals surface area contributed by atoms with Gasteiger partial charge < -0.3 is 10.2 Å². The Kier molecular flexibility index (Phi) is 9.69. The highest BCUT2D eigenvalue weighted by molar-refractivity contribution is 7.92. The van der Waals surface area contributed by atoms with Crippen LogP contribution in [0.5, 0.6) is 0 Å². The quantitative estimate of drug-likeness (QED) is 0.340. The molecule has 0 heterocycles. The molecule has 1 N–H and O–H groups in total. The number of carbonyl (C=O) groups is 2. The molecule has 39 heavy (non-hydrogen) atoms. The summed E-state index contributed by atoms with van der Waals surface area (Å²) in [4.78, 5) is 28.4. The van der Waals surface area contributed by atoms with E-state index in [-0.39, 0.29) is 28.1 Å². The molecule has 7 nitrogen and oxygen atoms in total. The lowest BCUT2D eigenvalue weighted by molar-refractivity contribution is -0.140. The van der Waals surface area contributed by atoms with E-state index in [1.807, 2.05) is 27.7 Å². The van der Waals surface area contributed by atoms with Crippen molar-refractivity contribution < 1.29 is 18.0 Å².